The monoisotopic (exact) mass is 319 g/mol. The van der Waals surface area contributed by atoms with Crippen LogP contribution in [-0.4, -0.2) is 35.1 Å². The molecule has 1 fully saturated rings. The number of rotatable bonds is 3. The van der Waals surface area contributed by atoms with E-state index in [1.807, 2.05) is 32.9 Å². The van der Waals surface area contributed by atoms with Crippen LogP contribution in [0.15, 0.2) is 24.3 Å². The summed E-state index contributed by atoms with van der Waals surface area (Å²) in [5, 5.41) is 2.88. The van der Waals surface area contributed by atoms with Crippen LogP contribution in [0.3, 0.4) is 0 Å². The van der Waals surface area contributed by atoms with E-state index in [2.05, 4.69) is 5.32 Å². The number of carbonyl (C=O) groups is 2. The molecular formula is C17H25N3O3. The van der Waals surface area contributed by atoms with E-state index < -0.39 is 17.7 Å². The van der Waals surface area contributed by atoms with Crippen molar-refractivity contribution in [3.05, 3.63) is 29.8 Å². The van der Waals surface area contributed by atoms with Gasteiger partial charge in [-0.1, -0.05) is 12.1 Å². The topological polar surface area (TPSA) is 84.7 Å². The van der Waals surface area contributed by atoms with Crippen molar-refractivity contribution in [2.24, 2.45) is 0 Å². The minimum atomic E-state index is -0.565. The van der Waals surface area contributed by atoms with Crippen molar-refractivity contribution < 1.29 is 14.3 Å². The van der Waals surface area contributed by atoms with E-state index in [-0.39, 0.29) is 5.91 Å². The van der Waals surface area contributed by atoms with Gasteiger partial charge in [-0.25, -0.2) is 4.79 Å². The van der Waals surface area contributed by atoms with E-state index in [1.165, 1.54) is 4.90 Å². The van der Waals surface area contributed by atoms with Crippen molar-refractivity contribution in [2.75, 3.05) is 12.3 Å². The summed E-state index contributed by atoms with van der Waals surface area (Å²) in [5.74, 6) is -0.148. The Morgan fingerprint density at radius 2 is 1.96 bits per heavy atom. The molecule has 1 aromatic carbocycles. The summed E-state index contributed by atoms with van der Waals surface area (Å²) in [5.41, 5.74) is 6.73. The first-order valence-electron chi connectivity index (χ1n) is 7.88. The molecule has 1 heterocycles. The summed E-state index contributed by atoms with van der Waals surface area (Å²) in [6, 6.07) is 6.87. The molecule has 0 aromatic heterocycles. The van der Waals surface area contributed by atoms with Gasteiger partial charge in [0.15, 0.2) is 0 Å². The molecule has 126 valence electrons. The van der Waals surface area contributed by atoms with Crippen LogP contribution in [0.4, 0.5) is 10.5 Å². The third-order valence-electron chi connectivity index (χ3n) is 3.63. The lowest BCUT2D eigenvalue weighted by molar-refractivity contribution is -0.125. The summed E-state index contributed by atoms with van der Waals surface area (Å²) < 4.78 is 5.37. The zero-order valence-electron chi connectivity index (χ0n) is 14.0. The molecule has 2 amide bonds. The number of hydrogen-bond acceptors (Lipinski definition) is 4. The van der Waals surface area contributed by atoms with Crippen LogP contribution >= 0.6 is 0 Å². The maximum Gasteiger partial charge on any atom is 0.410 e. The number of nitrogens with zero attached hydrogens (tertiary/aromatic N) is 1. The standard InChI is InChI=1S/C17H25N3O3/c1-17(2,3)23-16(22)20-10-4-5-14(20)15(21)19-11-12-6-8-13(18)9-7-12/h6-9,14H,4-5,10-11,18H2,1-3H3,(H,19,21)/t14-/m0/s1. The second-order valence-electron chi connectivity index (χ2n) is 6.79. The first-order valence-corrected chi connectivity index (χ1v) is 7.88. The van der Waals surface area contributed by atoms with Crippen molar-refractivity contribution in [3.8, 4) is 0 Å². The van der Waals surface area contributed by atoms with Crippen LogP contribution in [0.2, 0.25) is 0 Å². The average molecular weight is 319 g/mol. The van der Waals surface area contributed by atoms with E-state index in [9.17, 15) is 9.59 Å². The van der Waals surface area contributed by atoms with E-state index in [1.54, 1.807) is 12.1 Å². The molecule has 0 bridgehead atoms. The second-order valence-corrected chi connectivity index (χ2v) is 6.79. The third kappa shape index (κ3) is 4.87. The highest BCUT2D eigenvalue weighted by molar-refractivity contribution is 5.86. The van der Waals surface area contributed by atoms with E-state index in [4.69, 9.17) is 10.5 Å². The minimum Gasteiger partial charge on any atom is -0.444 e. The van der Waals surface area contributed by atoms with Crippen LogP contribution in [0.1, 0.15) is 39.2 Å². The normalized spacial score (nSPS) is 17.9. The van der Waals surface area contributed by atoms with Gasteiger partial charge in [-0.05, 0) is 51.3 Å². The summed E-state index contributed by atoms with van der Waals surface area (Å²) in [7, 11) is 0. The fourth-order valence-corrected chi connectivity index (χ4v) is 2.52. The molecule has 1 aliphatic heterocycles. The number of hydrogen-bond donors (Lipinski definition) is 2. The largest absolute Gasteiger partial charge is 0.444 e. The van der Waals surface area contributed by atoms with Crippen molar-refractivity contribution in [2.45, 2.75) is 51.8 Å². The number of nitrogens with one attached hydrogen (secondary N) is 1. The molecule has 3 N–H and O–H groups in total. The van der Waals surface area contributed by atoms with Gasteiger partial charge in [-0.3, -0.25) is 9.69 Å². The lowest BCUT2D eigenvalue weighted by atomic mass is 10.1. The molecule has 2 rings (SSSR count). The van der Waals surface area contributed by atoms with E-state index in [0.717, 1.165) is 12.0 Å². The Morgan fingerprint density at radius 1 is 1.30 bits per heavy atom. The molecule has 1 saturated heterocycles. The number of amides is 2. The quantitative estimate of drug-likeness (QED) is 0.837. The molecular weight excluding hydrogens is 294 g/mol. The van der Waals surface area contributed by atoms with Gasteiger partial charge in [-0.2, -0.15) is 0 Å². The highest BCUT2D eigenvalue weighted by atomic mass is 16.6. The van der Waals surface area contributed by atoms with Crippen LogP contribution in [0.25, 0.3) is 0 Å². The number of likely N-dealkylation sites (tertiary alicyclic amines) is 1. The highest BCUT2D eigenvalue weighted by Crippen LogP contribution is 2.21. The number of carbonyl (C=O) groups excluding carboxylic acids is 2. The lowest BCUT2D eigenvalue weighted by Gasteiger charge is -2.28. The number of nitrogen functional groups attached to an aromatic ring is 1. The van der Waals surface area contributed by atoms with Crippen LogP contribution in [0, 0.1) is 0 Å². The Hall–Kier alpha value is -2.24. The number of anilines is 1. The van der Waals surface area contributed by atoms with Crippen LogP contribution in [-0.2, 0) is 16.1 Å². The third-order valence-corrected chi connectivity index (χ3v) is 3.63. The Labute approximate surface area is 137 Å². The average Bonchev–Trinajstić information content (AvgIpc) is 2.94. The summed E-state index contributed by atoms with van der Waals surface area (Å²) in [6.07, 6.45) is 1.04. The van der Waals surface area contributed by atoms with Crippen molar-refractivity contribution in [1.29, 1.82) is 0 Å². The zero-order valence-corrected chi connectivity index (χ0v) is 14.0. The smallest absolute Gasteiger partial charge is 0.410 e. The van der Waals surface area contributed by atoms with Gasteiger partial charge in [0.25, 0.3) is 0 Å². The van der Waals surface area contributed by atoms with Gasteiger partial charge in [0.1, 0.15) is 11.6 Å². The molecule has 1 atom stereocenters. The number of nitrogens with two attached hydrogens (primary N) is 1. The van der Waals surface area contributed by atoms with Gasteiger partial charge in [0.05, 0.1) is 0 Å². The zero-order chi connectivity index (χ0) is 17.0. The number of ether oxygens (including phenoxy) is 1. The summed E-state index contributed by atoms with van der Waals surface area (Å²) >= 11 is 0. The molecule has 0 spiro atoms. The molecule has 6 heteroatoms. The lowest BCUT2D eigenvalue weighted by Crippen LogP contribution is -2.47. The van der Waals surface area contributed by atoms with Crippen molar-refractivity contribution in [1.82, 2.24) is 10.2 Å². The van der Waals surface area contributed by atoms with Gasteiger partial charge in [0.2, 0.25) is 5.91 Å². The first-order chi connectivity index (χ1) is 10.8. The van der Waals surface area contributed by atoms with Crippen molar-refractivity contribution in [3.63, 3.8) is 0 Å². The molecule has 1 aliphatic rings. The summed E-state index contributed by atoms with van der Waals surface area (Å²) in [6.45, 7) is 6.41. The predicted molar refractivity (Wildman–Crippen MR) is 88.7 cm³/mol. The molecule has 1 aromatic rings. The van der Waals surface area contributed by atoms with Crippen molar-refractivity contribution >= 4 is 17.7 Å². The molecule has 0 aliphatic carbocycles. The Kier molecular flexibility index (Phi) is 5.13. The predicted octanol–water partition coefficient (Wildman–Crippen LogP) is 2.28. The van der Waals surface area contributed by atoms with Gasteiger partial charge in [0, 0.05) is 18.8 Å². The number of benzene rings is 1. The summed E-state index contributed by atoms with van der Waals surface area (Å²) in [4.78, 5) is 26.1. The molecule has 6 nitrogen and oxygen atoms in total. The fourth-order valence-electron chi connectivity index (χ4n) is 2.52. The molecule has 0 radical (unpaired) electrons. The Balaban J connectivity index is 1.92. The molecule has 0 unspecified atom stereocenters. The molecule has 23 heavy (non-hydrogen) atoms. The maximum atomic E-state index is 12.4. The van der Waals surface area contributed by atoms with Gasteiger partial charge >= 0.3 is 6.09 Å². The van der Waals surface area contributed by atoms with Crippen LogP contribution in [0.5, 0.6) is 0 Å². The highest BCUT2D eigenvalue weighted by Gasteiger charge is 2.36. The fraction of sp³-hybridized carbons (Fsp3) is 0.529. The maximum absolute atomic E-state index is 12.4. The van der Waals surface area contributed by atoms with E-state index in [0.29, 0.717) is 25.2 Å². The first kappa shape index (κ1) is 17.1. The SMILES string of the molecule is CC(C)(C)OC(=O)N1CCC[C@H]1C(=O)NCc1ccc(N)cc1. The Bertz CT molecular complexity index is 563. The van der Waals surface area contributed by atoms with E-state index >= 15 is 0 Å². The Morgan fingerprint density at radius 3 is 2.57 bits per heavy atom. The van der Waals surface area contributed by atoms with Crippen LogP contribution < -0.4 is 11.1 Å². The van der Waals surface area contributed by atoms with Gasteiger partial charge < -0.3 is 15.8 Å². The van der Waals surface area contributed by atoms with Gasteiger partial charge in [-0.15, -0.1) is 0 Å². The second kappa shape index (κ2) is 6.89. The molecule has 0 saturated carbocycles. The minimum absolute atomic E-state index is 0.148.